The first-order valence-corrected chi connectivity index (χ1v) is 9.64. The molecule has 1 aromatic heterocycles. The largest absolute Gasteiger partial charge is 0.872 e. The van der Waals surface area contributed by atoms with Gasteiger partial charge in [-0.2, -0.15) is 0 Å². The highest BCUT2D eigenvalue weighted by molar-refractivity contribution is 7.10. The number of Topliss-reactive ketones (excluding diaryl/α,β-unsaturated/α-hetero) is 1. The summed E-state index contributed by atoms with van der Waals surface area (Å²) in [6.07, 6.45) is 4.13. The summed E-state index contributed by atoms with van der Waals surface area (Å²) in [6, 6.07) is 6.99. The molecule has 2 aliphatic rings. The first-order valence-electron chi connectivity index (χ1n) is 8.76. The van der Waals surface area contributed by atoms with Gasteiger partial charge in [-0.05, 0) is 36.3 Å². The molecule has 0 aliphatic carbocycles. The van der Waals surface area contributed by atoms with Gasteiger partial charge >= 0.3 is 0 Å². The molecule has 1 N–H and O–H groups in total. The van der Waals surface area contributed by atoms with Crippen molar-refractivity contribution in [3.05, 3.63) is 51.4 Å². The van der Waals surface area contributed by atoms with Gasteiger partial charge in [0.25, 0.3) is 0 Å². The van der Waals surface area contributed by atoms with Crippen LogP contribution in [0, 0.1) is 5.92 Å². The van der Waals surface area contributed by atoms with Crippen LogP contribution in [-0.4, -0.2) is 18.9 Å². The van der Waals surface area contributed by atoms with Crippen molar-refractivity contribution in [2.45, 2.75) is 26.3 Å². The monoisotopic (exact) mass is 355 g/mol. The second-order valence-corrected chi connectivity index (χ2v) is 7.96. The van der Waals surface area contributed by atoms with Gasteiger partial charge in [0.1, 0.15) is 12.3 Å². The maximum absolute atomic E-state index is 12.6. The van der Waals surface area contributed by atoms with Gasteiger partial charge in [-0.3, -0.25) is 4.79 Å². The Kier molecular flexibility index (Phi) is 4.36. The smallest absolute Gasteiger partial charge is 0.232 e. The van der Waals surface area contributed by atoms with Crippen LogP contribution in [0.2, 0.25) is 0 Å². The number of allylic oxidation sites excluding steroid dienone is 1. The third kappa shape index (κ3) is 3.22. The average molecular weight is 355 g/mol. The van der Waals surface area contributed by atoms with Crippen molar-refractivity contribution in [2.24, 2.45) is 5.92 Å². The van der Waals surface area contributed by atoms with Crippen LogP contribution >= 0.6 is 11.3 Å². The van der Waals surface area contributed by atoms with Crippen molar-refractivity contribution in [1.82, 2.24) is 0 Å². The zero-order valence-corrected chi connectivity index (χ0v) is 15.0. The van der Waals surface area contributed by atoms with E-state index in [0.29, 0.717) is 29.2 Å². The molecule has 0 atom stereocenters. The lowest BCUT2D eigenvalue weighted by molar-refractivity contribution is -0.919. The molecule has 0 radical (unpaired) electrons. The minimum atomic E-state index is -0.132. The summed E-state index contributed by atoms with van der Waals surface area (Å²) in [5.74, 6) is 1.38. The van der Waals surface area contributed by atoms with E-state index in [-0.39, 0.29) is 11.5 Å². The number of carbonyl (C=O) groups is 1. The highest BCUT2D eigenvalue weighted by Gasteiger charge is 2.31. The van der Waals surface area contributed by atoms with Crippen LogP contribution in [0.25, 0.3) is 6.08 Å². The van der Waals surface area contributed by atoms with Crippen molar-refractivity contribution in [3.8, 4) is 11.5 Å². The van der Waals surface area contributed by atoms with Crippen LogP contribution in [0.3, 0.4) is 0 Å². The van der Waals surface area contributed by atoms with Gasteiger partial charge in [0.2, 0.25) is 5.78 Å². The third-order valence-corrected chi connectivity index (χ3v) is 5.94. The number of ketones is 1. The van der Waals surface area contributed by atoms with Gasteiger partial charge in [0.05, 0.1) is 18.7 Å². The predicted octanol–water partition coefficient (Wildman–Crippen LogP) is 2.25. The summed E-state index contributed by atoms with van der Waals surface area (Å²) in [6.45, 7) is 5.04. The lowest BCUT2D eigenvalue weighted by Crippen LogP contribution is -3.11. The number of carbonyl (C=O) groups excluding carboxylic acids is 1. The molecule has 0 unspecified atom stereocenters. The third-order valence-electron chi connectivity index (χ3n) is 5.12. The van der Waals surface area contributed by atoms with E-state index in [0.717, 1.165) is 23.9 Å². The van der Waals surface area contributed by atoms with Crippen LogP contribution in [-0.2, 0) is 6.54 Å². The number of fused-ring (bicyclic) bond motifs is 1. The van der Waals surface area contributed by atoms with Crippen molar-refractivity contribution in [1.29, 1.82) is 0 Å². The van der Waals surface area contributed by atoms with Crippen molar-refractivity contribution in [2.75, 3.05) is 13.1 Å². The van der Waals surface area contributed by atoms with Crippen LogP contribution in [0.4, 0.5) is 0 Å². The number of quaternary nitrogens is 1. The molecule has 1 saturated heterocycles. The number of thiophene rings is 1. The maximum Gasteiger partial charge on any atom is 0.232 e. The molecular formula is C20H21NO3S. The molecule has 0 saturated carbocycles. The molecule has 4 nitrogen and oxygen atoms in total. The maximum atomic E-state index is 12.6. The summed E-state index contributed by atoms with van der Waals surface area (Å²) in [5, 5.41) is 14.4. The average Bonchev–Trinajstić information content (AvgIpc) is 3.22. The summed E-state index contributed by atoms with van der Waals surface area (Å²) in [7, 11) is 0. The van der Waals surface area contributed by atoms with Crippen molar-refractivity contribution >= 4 is 23.2 Å². The zero-order chi connectivity index (χ0) is 17.4. The summed E-state index contributed by atoms with van der Waals surface area (Å²) < 4.78 is 5.87. The van der Waals surface area contributed by atoms with E-state index in [4.69, 9.17) is 4.74 Å². The molecule has 2 aromatic rings. The number of likely N-dealkylation sites (tertiary alicyclic amines) is 1. The fraction of sp³-hybridized carbons (Fsp3) is 0.350. The van der Waals surface area contributed by atoms with Gasteiger partial charge in [-0.1, -0.05) is 24.8 Å². The Morgan fingerprint density at radius 2 is 2.12 bits per heavy atom. The normalized spacial score (nSPS) is 24.4. The van der Waals surface area contributed by atoms with Crippen molar-refractivity contribution in [3.63, 3.8) is 0 Å². The van der Waals surface area contributed by atoms with E-state index in [1.807, 2.05) is 17.5 Å². The molecule has 4 rings (SSSR count). The van der Waals surface area contributed by atoms with Crippen LogP contribution < -0.4 is 14.7 Å². The fourth-order valence-electron chi connectivity index (χ4n) is 3.56. The molecule has 0 amide bonds. The number of hydrogen-bond donors (Lipinski definition) is 1. The molecule has 0 bridgehead atoms. The van der Waals surface area contributed by atoms with Gasteiger partial charge in [-0.25, -0.2) is 0 Å². The van der Waals surface area contributed by atoms with Gasteiger partial charge in [-0.15, -0.1) is 11.3 Å². The van der Waals surface area contributed by atoms with Crippen molar-refractivity contribution < 1.29 is 19.5 Å². The van der Waals surface area contributed by atoms with Gasteiger partial charge in [0, 0.05) is 16.5 Å². The molecular weight excluding hydrogens is 334 g/mol. The van der Waals surface area contributed by atoms with E-state index >= 15 is 0 Å². The minimum Gasteiger partial charge on any atom is -0.872 e. The molecule has 1 aromatic carbocycles. The molecule has 1 fully saturated rings. The van der Waals surface area contributed by atoms with E-state index < -0.39 is 0 Å². The number of benzene rings is 1. The van der Waals surface area contributed by atoms with E-state index in [1.54, 1.807) is 23.5 Å². The highest BCUT2D eigenvalue weighted by Crippen LogP contribution is 2.38. The molecule has 5 heteroatoms. The summed E-state index contributed by atoms with van der Waals surface area (Å²) >= 11 is 1.55. The zero-order valence-electron chi connectivity index (χ0n) is 14.2. The Morgan fingerprint density at radius 1 is 1.32 bits per heavy atom. The Morgan fingerprint density at radius 3 is 2.84 bits per heavy atom. The quantitative estimate of drug-likeness (QED) is 0.860. The minimum absolute atomic E-state index is 0.0324. The lowest BCUT2D eigenvalue weighted by atomic mass is 9.98. The van der Waals surface area contributed by atoms with Crippen LogP contribution in [0.1, 0.15) is 40.6 Å². The number of rotatable bonds is 3. The van der Waals surface area contributed by atoms with Gasteiger partial charge < -0.3 is 14.7 Å². The second-order valence-electron chi connectivity index (χ2n) is 6.98. The predicted molar refractivity (Wildman–Crippen MR) is 95.9 cm³/mol. The Labute approximate surface area is 151 Å². The van der Waals surface area contributed by atoms with E-state index in [9.17, 15) is 9.90 Å². The Bertz CT molecular complexity index is 818. The first-order chi connectivity index (χ1) is 12.1. The standard InChI is InChI=1S/C20H21NO3S/c1-13-6-8-21(9-7-13)12-16-17(22)5-4-15-19(23)18(24-20(15)16)11-14-3-2-10-25-14/h2-5,10-11,13,22H,6-9,12H2,1H3. The fourth-order valence-corrected chi connectivity index (χ4v) is 4.20. The number of ether oxygens (including phenoxy) is 1. The highest BCUT2D eigenvalue weighted by atomic mass is 32.1. The van der Waals surface area contributed by atoms with Crippen LogP contribution in [0.15, 0.2) is 35.4 Å². The van der Waals surface area contributed by atoms with E-state index in [1.165, 1.54) is 23.8 Å². The van der Waals surface area contributed by atoms with Gasteiger partial charge in [0.15, 0.2) is 5.76 Å². The molecule has 25 heavy (non-hydrogen) atoms. The summed E-state index contributed by atoms with van der Waals surface area (Å²) in [4.78, 5) is 15.0. The number of nitrogens with one attached hydrogen (secondary N) is 1. The first kappa shape index (κ1) is 16.4. The molecule has 3 heterocycles. The molecule has 130 valence electrons. The van der Waals surface area contributed by atoms with E-state index in [2.05, 4.69) is 6.92 Å². The van der Waals surface area contributed by atoms with Crippen LogP contribution in [0.5, 0.6) is 11.5 Å². The molecule has 2 aliphatic heterocycles. The Balaban J connectivity index is 1.62. The molecule has 0 spiro atoms. The topological polar surface area (TPSA) is 53.8 Å². The Hall–Kier alpha value is -2.11. The number of hydrogen-bond acceptors (Lipinski definition) is 4. The SMILES string of the molecule is CC1CC[NH+](Cc2c([O-])ccc3c2OC(=Cc2cccs2)C3=O)CC1. The second kappa shape index (κ2) is 6.65. The number of piperidine rings is 1. The summed E-state index contributed by atoms with van der Waals surface area (Å²) in [5.41, 5.74) is 1.16. The lowest BCUT2D eigenvalue weighted by Gasteiger charge is -2.29.